The number of aromatic amines is 1. The molecule has 4 aromatic heterocycles. The summed E-state index contributed by atoms with van der Waals surface area (Å²) < 4.78 is 7.10. The second-order valence-corrected chi connectivity index (χ2v) is 12.2. The molecular formula is C29H35ClN8O3. The van der Waals surface area contributed by atoms with Gasteiger partial charge in [0.25, 0.3) is 0 Å². The van der Waals surface area contributed by atoms with Gasteiger partial charge < -0.3 is 14.4 Å². The highest BCUT2D eigenvalue weighted by Gasteiger charge is 2.35. The first-order valence-corrected chi connectivity index (χ1v) is 14.7. The molecule has 1 saturated heterocycles. The van der Waals surface area contributed by atoms with E-state index >= 15 is 0 Å². The van der Waals surface area contributed by atoms with Crippen LogP contribution in [0.3, 0.4) is 0 Å². The molecule has 2 fully saturated rings. The Hall–Kier alpha value is -3.73. The molecule has 5 heterocycles. The number of amides is 1. The van der Waals surface area contributed by atoms with Crippen LogP contribution in [-0.2, 0) is 11.3 Å². The van der Waals surface area contributed by atoms with Gasteiger partial charge >= 0.3 is 5.76 Å². The molecule has 0 spiro atoms. The molecule has 216 valence electrons. The number of carbonyl (C=O) groups excluding carboxylic acids is 1. The third-order valence-electron chi connectivity index (χ3n) is 8.54. The number of nitrogens with one attached hydrogen (secondary N) is 1. The van der Waals surface area contributed by atoms with Gasteiger partial charge in [0.05, 0.1) is 21.7 Å². The van der Waals surface area contributed by atoms with Crippen molar-refractivity contribution in [2.45, 2.75) is 72.0 Å². The molecule has 0 radical (unpaired) electrons. The lowest BCUT2D eigenvalue weighted by Gasteiger charge is -2.45. The summed E-state index contributed by atoms with van der Waals surface area (Å²) in [5, 5.41) is 4.38. The average molecular weight is 579 g/mol. The summed E-state index contributed by atoms with van der Waals surface area (Å²) in [4.78, 5) is 45.4. The molecule has 1 aliphatic heterocycles. The fraction of sp³-hybridized carbons (Fsp3) is 0.517. The lowest BCUT2D eigenvalue weighted by molar-refractivity contribution is -0.130. The van der Waals surface area contributed by atoms with Crippen LogP contribution in [0.4, 0.5) is 5.95 Å². The molecule has 12 heteroatoms. The topological polar surface area (TPSA) is 126 Å². The van der Waals surface area contributed by atoms with E-state index in [0.717, 1.165) is 47.8 Å². The number of anilines is 1. The Morgan fingerprint density at radius 1 is 1.07 bits per heavy atom. The van der Waals surface area contributed by atoms with Crippen LogP contribution >= 0.6 is 11.6 Å². The van der Waals surface area contributed by atoms with Gasteiger partial charge in [-0.2, -0.15) is 0 Å². The molecule has 4 aromatic rings. The third kappa shape index (κ3) is 5.35. The molecule has 0 unspecified atom stereocenters. The molecule has 2 aliphatic rings. The number of imidazole rings is 1. The Morgan fingerprint density at radius 2 is 1.80 bits per heavy atom. The van der Waals surface area contributed by atoms with Crippen molar-refractivity contribution in [3.8, 4) is 22.8 Å². The van der Waals surface area contributed by atoms with Gasteiger partial charge in [0.1, 0.15) is 5.69 Å². The summed E-state index contributed by atoms with van der Waals surface area (Å²) in [6.07, 6.45) is 8.06. The minimum atomic E-state index is -0.656. The van der Waals surface area contributed by atoms with Crippen molar-refractivity contribution < 1.29 is 9.32 Å². The first kappa shape index (κ1) is 27.4. The zero-order valence-corrected chi connectivity index (χ0v) is 24.6. The minimum absolute atomic E-state index is 0.0557. The maximum Gasteiger partial charge on any atom is 0.439 e. The van der Waals surface area contributed by atoms with Crippen LogP contribution in [0.2, 0.25) is 5.02 Å². The van der Waals surface area contributed by atoms with Gasteiger partial charge in [-0.1, -0.05) is 36.5 Å². The SMILES string of the molecule is CC(=O)N1C[C@@H](C)N(c2nc3cc(-c4noc(=O)[nH]4)nc(-c4cncc(Cl)c4)c3n2CC2CCC(C)CC2)[C@H](C)C1. The van der Waals surface area contributed by atoms with Gasteiger partial charge in [0.2, 0.25) is 17.7 Å². The molecular weight excluding hydrogens is 544 g/mol. The first-order chi connectivity index (χ1) is 19.7. The molecule has 11 nitrogen and oxygen atoms in total. The number of aromatic nitrogens is 6. The van der Waals surface area contributed by atoms with Crippen molar-refractivity contribution in [3.63, 3.8) is 0 Å². The number of fused-ring (bicyclic) bond motifs is 1. The van der Waals surface area contributed by atoms with E-state index in [-0.39, 0.29) is 23.8 Å². The van der Waals surface area contributed by atoms with Crippen molar-refractivity contribution in [1.29, 1.82) is 0 Å². The van der Waals surface area contributed by atoms with Crippen LogP contribution in [-0.4, -0.2) is 65.6 Å². The van der Waals surface area contributed by atoms with Crippen molar-refractivity contribution in [2.24, 2.45) is 11.8 Å². The standard InChI is InChI=1S/C29H35ClN8O3/c1-16-5-7-20(8-6-16)15-37-26-23(33-28(37)38-17(2)13-36(19(4)39)14-18(38)3)10-24(27-34-29(40)41-35-27)32-25(26)21-9-22(30)12-31-11-21/h9-12,16-18,20H,5-8,13-15H2,1-4H3,(H,34,35,40)/t16?,17-,18-,20?/m1/s1. The normalized spacial score (nSPS) is 23.3. The fourth-order valence-electron chi connectivity index (χ4n) is 6.46. The van der Waals surface area contributed by atoms with Crippen molar-refractivity contribution in [3.05, 3.63) is 40.1 Å². The second kappa shape index (κ2) is 10.9. The number of hydrogen-bond acceptors (Lipinski definition) is 8. The number of carbonyl (C=O) groups is 1. The predicted molar refractivity (Wildman–Crippen MR) is 157 cm³/mol. The van der Waals surface area contributed by atoms with Crippen LogP contribution < -0.4 is 10.7 Å². The molecule has 6 rings (SSSR count). The van der Waals surface area contributed by atoms with E-state index in [9.17, 15) is 9.59 Å². The number of halogens is 1. The number of rotatable bonds is 5. The lowest BCUT2D eigenvalue weighted by Crippen LogP contribution is -2.58. The minimum Gasteiger partial charge on any atom is -0.339 e. The van der Waals surface area contributed by atoms with Crippen LogP contribution in [0.25, 0.3) is 33.8 Å². The van der Waals surface area contributed by atoms with Gasteiger partial charge in [-0.05, 0) is 50.7 Å². The highest BCUT2D eigenvalue weighted by molar-refractivity contribution is 6.30. The Kier molecular flexibility index (Phi) is 7.31. The smallest absolute Gasteiger partial charge is 0.339 e. The molecule has 0 aromatic carbocycles. The van der Waals surface area contributed by atoms with Crippen molar-refractivity contribution >= 4 is 34.5 Å². The van der Waals surface area contributed by atoms with E-state index in [1.807, 2.05) is 17.0 Å². The van der Waals surface area contributed by atoms with Crippen molar-refractivity contribution in [1.82, 2.24) is 34.6 Å². The maximum atomic E-state index is 12.3. The highest BCUT2D eigenvalue weighted by atomic mass is 35.5. The molecule has 2 atom stereocenters. The Morgan fingerprint density at radius 3 is 2.44 bits per heavy atom. The second-order valence-electron chi connectivity index (χ2n) is 11.7. The average Bonchev–Trinajstić information content (AvgIpc) is 3.52. The number of piperazine rings is 1. The van der Waals surface area contributed by atoms with Crippen LogP contribution in [0.5, 0.6) is 0 Å². The van der Waals surface area contributed by atoms with E-state index in [0.29, 0.717) is 35.4 Å². The first-order valence-electron chi connectivity index (χ1n) is 14.3. The van der Waals surface area contributed by atoms with Gasteiger partial charge in [0, 0.05) is 56.6 Å². The zero-order chi connectivity index (χ0) is 28.8. The molecule has 0 bridgehead atoms. The molecule has 1 N–H and O–H groups in total. The number of H-pyrrole nitrogens is 1. The van der Waals surface area contributed by atoms with Gasteiger partial charge in [0.15, 0.2) is 0 Å². The Bertz CT molecular complexity index is 1620. The van der Waals surface area contributed by atoms with Crippen LogP contribution in [0, 0.1) is 11.8 Å². The Labute approximate surface area is 242 Å². The summed E-state index contributed by atoms with van der Waals surface area (Å²) in [6.45, 7) is 10.3. The van der Waals surface area contributed by atoms with Gasteiger partial charge in [-0.15, -0.1) is 0 Å². The van der Waals surface area contributed by atoms with E-state index in [1.165, 1.54) is 12.8 Å². The van der Waals surface area contributed by atoms with Gasteiger partial charge in [-0.3, -0.25) is 19.3 Å². The van der Waals surface area contributed by atoms with E-state index in [2.05, 4.69) is 45.4 Å². The third-order valence-corrected chi connectivity index (χ3v) is 8.74. The van der Waals surface area contributed by atoms with E-state index in [4.69, 9.17) is 26.1 Å². The molecule has 1 saturated carbocycles. The number of hydrogen-bond donors (Lipinski definition) is 1. The predicted octanol–water partition coefficient (Wildman–Crippen LogP) is 4.76. The lowest BCUT2D eigenvalue weighted by atomic mass is 9.83. The number of nitrogens with zero attached hydrogens (tertiary/aromatic N) is 7. The van der Waals surface area contributed by atoms with E-state index in [1.54, 1.807) is 19.3 Å². The monoisotopic (exact) mass is 578 g/mol. The fourth-order valence-corrected chi connectivity index (χ4v) is 6.64. The molecule has 1 amide bonds. The van der Waals surface area contributed by atoms with Crippen LogP contribution in [0.1, 0.15) is 53.4 Å². The van der Waals surface area contributed by atoms with Crippen LogP contribution in [0.15, 0.2) is 33.8 Å². The van der Waals surface area contributed by atoms with Gasteiger partial charge in [-0.25, -0.2) is 14.8 Å². The largest absolute Gasteiger partial charge is 0.439 e. The van der Waals surface area contributed by atoms with Crippen molar-refractivity contribution in [2.75, 3.05) is 18.0 Å². The summed E-state index contributed by atoms with van der Waals surface area (Å²) in [7, 11) is 0. The highest BCUT2D eigenvalue weighted by Crippen LogP contribution is 2.38. The maximum absolute atomic E-state index is 12.3. The summed E-state index contributed by atoms with van der Waals surface area (Å²) in [5.41, 5.74) is 3.43. The summed E-state index contributed by atoms with van der Waals surface area (Å²) >= 11 is 6.39. The summed E-state index contributed by atoms with van der Waals surface area (Å²) in [5.74, 6) is 1.75. The zero-order valence-electron chi connectivity index (χ0n) is 23.8. The summed E-state index contributed by atoms with van der Waals surface area (Å²) in [6, 6.07) is 3.79. The number of pyridine rings is 2. The van der Waals surface area contributed by atoms with E-state index < -0.39 is 5.76 Å². The molecule has 1 aliphatic carbocycles. The Balaban J connectivity index is 1.57. The quantitative estimate of drug-likeness (QED) is 0.359. The molecule has 41 heavy (non-hydrogen) atoms.